The summed E-state index contributed by atoms with van der Waals surface area (Å²) in [4.78, 5) is 22.7. The van der Waals surface area contributed by atoms with Gasteiger partial charge >= 0.3 is 18.2 Å². The Bertz CT molecular complexity index is 396. The smallest absolute Gasteiger partial charge is 0.420 e. The Morgan fingerprint density at radius 1 is 1.25 bits per heavy atom. The number of nitrogens with zero attached hydrogens (tertiary/aromatic N) is 1. The van der Waals surface area contributed by atoms with Gasteiger partial charge in [0.25, 0.3) is 0 Å². The Hall–Kier alpha value is -1.51. The molecule has 0 saturated carbocycles. The second kappa shape index (κ2) is 5.12. The van der Waals surface area contributed by atoms with Gasteiger partial charge in [-0.15, -0.1) is 0 Å². The highest BCUT2D eigenvalue weighted by molar-refractivity contribution is 5.70. The molecule has 0 aliphatic carbocycles. The van der Waals surface area contributed by atoms with Crippen LogP contribution in [-0.4, -0.2) is 59.1 Å². The number of aliphatic carboxylic acids is 1. The number of hydrogen-bond acceptors (Lipinski definition) is 4. The topological polar surface area (TPSA) is 76.1 Å². The quantitative estimate of drug-likeness (QED) is 0.857. The Morgan fingerprint density at radius 2 is 1.75 bits per heavy atom. The number of carbonyl (C=O) groups excluding carboxylic acids is 1. The monoisotopic (exact) mass is 299 g/mol. The van der Waals surface area contributed by atoms with Crippen LogP contribution in [0.1, 0.15) is 20.8 Å². The first kappa shape index (κ1) is 16.5. The molecule has 0 unspecified atom stereocenters. The molecule has 1 aliphatic heterocycles. The third-order valence-corrected chi connectivity index (χ3v) is 2.53. The average molecular weight is 299 g/mol. The van der Waals surface area contributed by atoms with E-state index in [1.807, 2.05) is 0 Å². The summed E-state index contributed by atoms with van der Waals surface area (Å²) in [5.74, 6) is -1.51. The molecule has 9 heteroatoms. The molecule has 0 atom stereocenters. The molecule has 1 amide bonds. The number of halogens is 3. The molecule has 0 aromatic heterocycles. The standard InChI is InChI=1S/C11H16F3NO5/c1-9(2,3)20-8(18)15-5-10(6-15,11(12,13)14)19-4-7(16)17/h4-6H2,1-3H3,(H,16,17). The van der Waals surface area contributed by atoms with E-state index in [1.165, 1.54) is 0 Å². The molecule has 1 N–H and O–H groups in total. The molecule has 0 spiro atoms. The van der Waals surface area contributed by atoms with Crippen molar-refractivity contribution in [1.29, 1.82) is 0 Å². The largest absolute Gasteiger partial charge is 0.480 e. The molecule has 1 aliphatic rings. The maximum absolute atomic E-state index is 12.9. The van der Waals surface area contributed by atoms with E-state index in [2.05, 4.69) is 4.74 Å². The molecule has 1 fully saturated rings. The van der Waals surface area contributed by atoms with Crippen molar-refractivity contribution in [3.8, 4) is 0 Å². The minimum atomic E-state index is -4.76. The zero-order chi connectivity index (χ0) is 15.8. The second-order valence-corrected chi connectivity index (χ2v) is 5.51. The maximum atomic E-state index is 12.9. The van der Waals surface area contributed by atoms with Crippen molar-refractivity contribution in [3.05, 3.63) is 0 Å². The SMILES string of the molecule is CC(C)(C)OC(=O)N1CC(OCC(=O)O)(C(F)(F)F)C1. The van der Waals surface area contributed by atoms with Crippen LogP contribution in [0.5, 0.6) is 0 Å². The summed E-state index contributed by atoms with van der Waals surface area (Å²) in [7, 11) is 0. The number of hydrogen-bond donors (Lipinski definition) is 1. The lowest BCUT2D eigenvalue weighted by molar-refractivity contribution is -0.312. The van der Waals surface area contributed by atoms with Crippen LogP contribution in [-0.2, 0) is 14.3 Å². The summed E-state index contributed by atoms with van der Waals surface area (Å²) < 4.78 is 48.0. The van der Waals surface area contributed by atoms with Crippen LogP contribution in [0.25, 0.3) is 0 Å². The molecule has 1 saturated heterocycles. The van der Waals surface area contributed by atoms with Crippen molar-refractivity contribution in [1.82, 2.24) is 4.90 Å². The summed E-state index contributed by atoms with van der Waals surface area (Å²) in [6.07, 6.45) is -5.66. The van der Waals surface area contributed by atoms with E-state index in [-0.39, 0.29) is 0 Å². The summed E-state index contributed by atoms with van der Waals surface area (Å²) in [5.41, 5.74) is -3.46. The fourth-order valence-electron chi connectivity index (χ4n) is 1.58. The fraction of sp³-hybridized carbons (Fsp3) is 0.818. The van der Waals surface area contributed by atoms with E-state index >= 15 is 0 Å². The number of alkyl halides is 3. The molecule has 116 valence electrons. The predicted molar refractivity (Wildman–Crippen MR) is 60.2 cm³/mol. The highest BCUT2D eigenvalue weighted by Gasteiger charge is 2.65. The molecular weight excluding hydrogens is 283 g/mol. The Labute approximate surface area is 113 Å². The first-order valence-electron chi connectivity index (χ1n) is 5.77. The number of likely N-dealkylation sites (tertiary alicyclic amines) is 1. The number of carboxylic acid groups (broad SMARTS) is 1. The van der Waals surface area contributed by atoms with Gasteiger partial charge in [0, 0.05) is 0 Å². The van der Waals surface area contributed by atoms with Gasteiger partial charge in [-0.2, -0.15) is 13.2 Å². The minimum Gasteiger partial charge on any atom is -0.480 e. The van der Waals surface area contributed by atoms with Gasteiger partial charge in [-0.3, -0.25) is 0 Å². The van der Waals surface area contributed by atoms with Crippen molar-refractivity contribution in [2.75, 3.05) is 19.7 Å². The van der Waals surface area contributed by atoms with E-state index in [4.69, 9.17) is 9.84 Å². The van der Waals surface area contributed by atoms with Crippen LogP contribution in [0.3, 0.4) is 0 Å². The zero-order valence-electron chi connectivity index (χ0n) is 11.3. The van der Waals surface area contributed by atoms with Crippen LogP contribution in [0.15, 0.2) is 0 Å². The summed E-state index contributed by atoms with van der Waals surface area (Å²) in [6, 6.07) is 0. The number of ether oxygens (including phenoxy) is 2. The first-order chi connectivity index (χ1) is 8.86. The van der Waals surface area contributed by atoms with E-state index in [1.54, 1.807) is 20.8 Å². The van der Waals surface area contributed by atoms with Gasteiger partial charge in [-0.1, -0.05) is 0 Å². The Balaban J connectivity index is 2.67. The highest BCUT2D eigenvalue weighted by atomic mass is 19.4. The van der Waals surface area contributed by atoms with E-state index in [0.29, 0.717) is 0 Å². The van der Waals surface area contributed by atoms with Gasteiger partial charge in [0.2, 0.25) is 0 Å². The third-order valence-electron chi connectivity index (χ3n) is 2.53. The summed E-state index contributed by atoms with van der Waals surface area (Å²) in [6.45, 7) is 2.12. The van der Waals surface area contributed by atoms with Gasteiger partial charge in [0.1, 0.15) is 12.2 Å². The lowest BCUT2D eigenvalue weighted by atomic mass is 9.93. The predicted octanol–water partition coefficient (Wildman–Crippen LogP) is 1.64. The fourth-order valence-corrected chi connectivity index (χ4v) is 1.58. The highest BCUT2D eigenvalue weighted by Crippen LogP contribution is 2.41. The van der Waals surface area contributed by atoms with Crippen molar-refractivity contribution in [3.63, 3.8) is 0 Å². The van der Waals surface area contributed by atoms with Crippen LogP contribution in [0.4, 0.5) is 18.0 Å². The van der Waals surface area contributed by atoms with Crippen LogP contribution in [0.2, 0.25) is 0 Å². The minimum absolute atomic E-state index is 0.779. The summed E-state index contributed by atoms with van der Waals surface area (Å²) >= 11 is 0. The second-order valence-electron chi connectivity index (χ2n) is 5.51. The van der Waals surface area contributed by atoms with E-state index < -0.39 is 49.1 Å². The molecule has 0 aromatic carbocycles. The van der Waals surface area contributed by atoms with Crippen molar-refractivity contribution in [2.45, 2.75) is 38.1 Å². The molecule has 1 heterocycles. The number of carbonyl (C=O) groups is 2. The Kier molecular flexibility index (Phi) is 4.23. The molecule has 0 radical (unpaired) electrons. The number of amides is 1. The van der Waals surface area contributed by atoms with Crippen molar-refractivity contribution >= 4 is 12.1 Å². The third kappa shape index (κ3) is 3.75. The molecule has 0 aromatic rings. The van der Waals surface area contributed by atoms with E-state index in [9.17, 15) is 22.8 Å². The molecule has 0 bridgehead atoms. The van der Waals surface area contributed by atoms with Crippen LogP contribution >= 0.6 is 0 Å². The lowest BCUT2D eigenvalue weighted by Crippen LogP contribution is -2.72. The molecule has 1 rings (SSSR count). The summed E-state index contributed by atoms with van der Waals surface area (Å²) in [5, 5.41) is 8.39. The molecule has 20 heavy (non-hydrogen) atoms. The van der Waals surface area contributed by atoms with Crippen LogP contribution < -0.4 is 0 Å². The average Bonchev–Trinajstić information content (AvgIpc) is 2.09. The number of rotatable bonds is 3. The normalized spacial score (nSPS) is 18.4. The van der Waals surface area contributed by atoms with Gasteiger partial charge in [-0.05, 0) is 20.8 Å². The van der Waals surface area contributed by atoms with Crippen molar-refractivity contribution in [2.24, 2.45) is 0 Å². The molecular formula is C11H16F3NO5. The lowest BCUT2D eigenvalue weighted by Gasteiger charge is -2.49. The van der Waals surface area contributed by atoms with E-state index in [0.717, 1.165) is 4.90 Å². The van der Waals surface area contributed by atoms with Crippen LogP contribution in [0, 0.1) is 0 Å². The van der Waals surface area contributed by atoms with Gasteiger partial charge < -0.3 is 19.5 Å². The van der Waals surface area contributed by atoms with Gasteiger partial charge in [0.15, 0.2) is 5.60 Å². The van der Waals surface area contributed by atoms with Gasteiger partial charge in [-0.25, -0.2) is 9.59 Å². The molecule has 6 nitrogen and oxygen atoms in total. The van der Waals surface area contributed by atoms with Crippen molar-refractivity contribution < 1.29 is 37.3 Å². The maximum Gasteiger partial charge on any atom is 0.420 e. The Morgan fingerprint density at radius 3 is 2.10 bits per heavy atom. The zero-order valence-corrected chi connectivity index (χ0v) is 11.3. The first-order valence-corrected chi connectivity index (χ1v) is 5.77. The van der Waals surface area contributed by atoms with Gasteiger partial charge in [0.05, 0.1) is 13.1 Å². The number of carboxylic acids is 1.